The molecular weight excluding hydrogens is 289 g/mol. The molecule has 1 aliphatic rings. The van der Waals surface area contributed by atoms with Crippen LogP contribution in [0.3, 0.4) is 0 Å². The molecule has 2 aromatic rings. The van der Waals surface area contributed by atoms with Crippen molar-refractivity contribution in [2.45, 2.75) is 37.9 Å². The minimum Gasteiger partial charge on any atom is -0.312 e. The van der Waals surface area contributed by atoms with Crippen LogP contribution in [0.15, 0.2) is 18.2 Å². The van der Waals surface area contributed by atoms with E-state index in [-0.39, 0.29) is 18.7 Å². The molecule has 0 saturated heterocycles. The van der Waals surface area contributed by atoms with E-state index in [1.807, 2.05) is 19.1 Å². The number of alkyl halides is 4. The highest BCUT2D eigenvalue weighted by molar-refractivity contribution is 6.17. The summed E-state index contributed by atoms with van der Waals surface area (Å²) in [5.41, 5.74) is 0.362. The lowest BCUT2D eigenvalue weighted by atomic mass is 10.2. The Kier molecular flexibility index (Phi) is 3.01. The van der Waals surface area contributed by atoms with Crippen molar-refractivity contribution in [1.82, 2.24) is 9.55 Å². The van der Waals surface area contributed by atoms with Gasteiger partial charge in [-0.2, -0.15) is 13.2 Å². The van der Waals surface area contributed by atoms with E-state index in [1.54, 1.807) is 6.07 Å². The fourth-order valence-corrected chi connectivity index (χ4v) is 2.89. The fraction of sp³-hybridized carbons (Fsp3) is 0.500. The summed E-state index contributed by atoms with van der Waals surface area (Å²) in [5, 5.41) is 0. The van der Waals surface area contributed by atoms with Crippen LogP contribution < -0.4 is 0 Å². The third kappa shape index (κ3) is 1.91. The van der Waals surface area contributed by atoms with Crippen LogP contribution in [0.25, 0.3) is 11.0 Å². The fourth-order valence-electron chi connectivity index (χ4n) is 2.72. The second kappa shape index (κ2) is 4.38. The molecule has 0 N–H and O–H groups in total. The minimum atomic E-state index is -4.26. The smallest absolute Gasteiger partial charge is 0.312 e. The van der Waals surface area contributed by atoms with E-state index in [4.69, 9.17) is 11.6 Å². The molecule has 108 valence electrons. The molecule has 1 aliphatic carbocycles. The van der Waals surface area contributed by atoms with E-state index in [1.165, 1.54) is 4.57 Å². The molecule has 1 aromatic carbocycles. The average molecular weight is 303 g/mol. The predicted molar refractivity (Wildman–Crippen MR) is 72.2 cm³/mol. The first-order chi connectivity index (χ1) is 9.39. The van der Waals surface area contributed by atoms with Gasteiger partial charge in [0.1, 0.15) is 11.4 Å². The Morgan fingerprint density at radius 3 is 2.60 bits per heavy atom. The first kappa shape index (κ1) is 13.7. The van der Waals surface area contributed by atoms with Gasteiger partial charge in [0, 0.05) is 12.3 Å². The van der Waals surface area contributed by atoms with Crippen molar-refractivity contribution in [2.24, 2.45) is 0 Å². The van der Waals surface area contributed by atoms with Crippen LogP contribution in [0, 0.1) is 6.92 Å². The number of aromatic nitrogens is 2. The second-order valence-corrected chi connectivity index (χ2v) is 5.70. The van der Waals surface area contributed by atoms with Crippen LogP contribution in [0.1, 0.15) is 24.2 Å². The van der Waals surface area contributed by atoms with Crippen molar-refractivity contribution in [1.29, 1.82) is 0 Å². The van der Waals surface area contributed by atoms with Gasteiger partial charge < -0.3 is 4.57 Å². The molecule has 0 spiro atoms. The van der Waals surface area contributed by atoms with Crippen molar-refractivity contribution < 1.29 is 13.2 Å². The molecule has 0 radical (unpaired) electrons. The zero-order chi connectivity index (χ0) is 14.5. The molecule has 6 heteroatoms. The summed E-state index contributed by atoms with van der Waals surface area (Å²) in [5.74, 6) is 0.686. The summed E-state index contributed by atoms with van der Waals surface area (Å²) in [4.78, 5) is 4.36. The van der Waals surface area contributed by atoms with Gasteiger partial charge in [-0.05, 0) is 37.5 Å². The first-order valence-electron chi connectivity index (χ1n) is 6.50. The Bertz CT molecular complexity index is 656. The molecule has 1 aromatic heterocycles. The van der Waals surface area contributed by atoms with E-state index in [0.29, 0.717) is 23.3 Å². The number of hydrogen-bond donors (Lipinski definition) is 0. The molecule has 0 unspecified atom stereocenters. The third-order valence-corrected chi connectivity index (χ3v) is 4.07. The van der Waals surface area contributed by atoms with Gasteiger partial charge in [-0.15, -0.1) is 11.6 Å². The number of hydrogen-bond acceptors (Lipinski definition) is 1. The monoisotopic (exact) mass is 302 g/mol. The van der Waals surface area contributed by atoms with Crippen molar-refractivity contribution in [3.8, 4) is 0 Å². The van der Waals surface area contributed by atoms with Gasteiger partial charge in [0.05, 0.1) is 11.0 Å². The maximum atomic E-state index is 13.4. The van der Waals surface area contributed by atoms with Gasteiger partial charge in [-0.1, -0.05) is 6.07 Å². The van der Waals surface area contributed by atoms with Crippen LogP contribution in [-0.4, -0.2) is 21.6 Å². The van der Waals surface area contributed by atoms with E-state index in [2.05, 4.69) is 4.98 Å². The van der Waals surface area contributed by atoms with Crippen LogP contribution in [0.4, 0.5) is 13.2 Å². The lowest BCUT2D eigenvalue weighted by molar-refractivity contribution is -0.179. The summed E-state index contributed by atoms with van der Waals surface area (Å²) in [6.07, 6.45) is -3.68. The molecule has 3 rings (SSSR count). The molecule has 1 fully saturated rings. The maximum absolute atomic E-state index is 13.4. The molecule has 0 aliphatic heterocycles. The second-order valence-electron chi connectivity index (χ2n) is 5.32. The number of rotatable bonds is 3. The van der Waals surface area contributed by atoms with Crippen LogP contribution in [0.5, 0.6) is 0 Å². The van der Waals surface area contributed by atoms with Crippen LogP contribution >= 0.6 is 11.6 Å². The summed E-state index contributed by atoms with van der Waals surface area (Å²) in [7, 11) is 0. The summed E-state index contributed by atoms with van der Waals surface area (Å²) >= 11 is 5.72. The van der Waals surface area contributed by atoms with Gasteiger partial charge in [0.2, 0.25) is 0 Å². The van der Waals surface area contributed by atoms with Gasteiger partial charge in [-0.25, -0.2) is 4.98 Å². The first-order valence-corrected chi connectivity index (χ1v) is 7.04. The van der Waals surface area contributed by atoms with Crippen molar-refractivity contribution in [3.05, 3.63) is 29.6 Å². The summed E-state index contributed by atoms with van der Waals surface area (Å²) in [6.45, 7) is 1.90. The molecule has 0 bridgehead atoms. The van der Waals surface area contributed by atoms with Crippen molar-refractivity contribution >= 4 is 22.6 Å². The Balaban J connectivity index is 2.25. The lowest BCUT2D eigenvalue weighted by Gasteiger charge is -2.23. The highest BCUT2D eigenvalue weighted by Gasteiger charge is 2.65. The average Bonchev–Trinajstić information content (AvgIpc) is 3.07. The summed E-state index contributed by atoms with van der Waals surface area (Å²) < 4.78 is 41.6. The van der Waals surface area contributed by atoms with Gasteiger partial charge >= 0.3 is 6.18 Å². The van der Waals surface area contributed by atoms with Crippen molar-refractivity contribution in [3.63, 3.8) is 0 Å². The van der Waals surface area contributed by atoms with Crippen LogP contribution in [0.2, 0.25) is 0 Å². The van der Waals surface area contributed by atoms with E-state index >= 15 is 0 Å². The number of fused-ring (bicyclic) bond motifs is 1. The quantitative estimate of drug-likeness (QED) is 0.778. The van der Waals surface area contributed by atoms with Crippen molar-refractivity contribution in [2.75, 3.05) is 5.88 Å². The molecule has 1 heterocycles. The Hall–Kier alpha value is -1.23. The molecular formula is C14H14ClF3N2. The maximum Gasteiger partial charge on any atom is 0.412 e. The van der Waals surface area contributed by atoms with Gasteiger partial charge in [0.15, 0.2) is 0 Å². The highest BCUT2D eigenvalue weighted by atomic mass is 35.5. The molecule has 0 amide bonds. The Morgan fingerprint density at radius 1 is 1.35 bits per heavy atom. The number of nitrogens with zero attached hydrogens (tertiary/aromatic N) is 2. The predicted octanol–water partition coefficient (Wildman–Crippen LogP) is 4.18. The third-order valence-electron chi connectivity index (χ3n) is 3.88. The largest absolute Gasteiger partial charge is 0.412 e. The lowest BCUT2D eigenvalue weighted by Crippen LogP contribution is -2.36. The molecule has 0 atom stereocenters. The minimum absolute atomic E-state index is 0.116. The number of aryl methyl sites for hydroxylation is 2. The Labute approximate surface area is 119 Å². The highest BCUT2D eigenvalue weighted by Crippen LogP contribution is 2.56. The zero-order valence-electron chi connectivity index (χ0n) is 11.0. The Morgan fingerprint density at radius 2 is 2.05 bits per heavy atom. The molecule has 2 nitrogen and oxygen atoms in total. The number of benzene rings is 1. The van der Waals surface area contributed by atoms with E-state index in [0.717, 1.165) is 5.56 Å². The number of halogens is 4. The standard InChI is InChI=1S/C14H14ClF3N2/c1-9-2-3-11-10(8-9)19-12(4-7-15)20(11)13(5-6-13)14(16,17)18/h2-3,8H,4-7H2,1H3. The van der Waals surface area contributed by atoms with E-state index < -0.39 is 11.7 Å². The zero-order valence-corrected chi connectivity index (χ0v) is 11.7. The van der Waals surface area contributed by atoms with Crippen LogP contribution in [-0.2, 0) is 12.0 Å². The number of imidazole rings is 1. The molecule has 20 heavy (non-hydrogen) atoms. The molecule has 1 saturated carbocycles. The normalized spacial score (nSPS) is 17.6. The summed E-state index contributed by atoms with van der Waals surface area (Å²) in [6, 6.07) is 5.36. The topological polar surface area (TPSA) is 17.8 Å². The van der Waals surface area contributed by atoms with E-state index in [9.17, 15) is 13.2 Å². The van der Waals surface area contributed by atoms with Gasteiger partial charge in [0.25, 0.3) is 0 Å². The SMILES string of the molecule is Cc1ccc2c(c1)nc(CCCl)n2C1(C(F)(F)F)CC1. The van der Waals surface area contributed by atoms with Gasteiger partial charge in [-0.3, -0.25) is 0 Å².